The molecule has 1 aromatic rings. The molecule has 2 aliphatic heterocycles. The standard InChI is InChI=1S/C10H12BrFN2.C4H8O2/c11-9-2-1-8(7-10(9)12)14-5-3-13-4-6-14;1-2-6-4-3-5-1/h1-2,7,13H,3-6H2;1-4H2. The van der Waals surface area contributed by atoms with E-state index in [0.717, 1.165) is 58.3 Å². The van der Waals surface area contributed by atoms with Crippen LogP contribution in [0.15, 0.2) is 22.7 Å². The van der Waals surface area contributed by atoms with Gasteiger partial charge in [-0.2, -0.15) is 0 Å². The molecule has 0 spiro atoms. The maximum Gasteiger partial charge on any atom is 0.139 e. The van der Waals surface area contributed by atoms with Crippen molar-refractivity contribution in [1.82, 2.24) is 5.32 Å². The van der Waals surface area contributed by atoms with Gasteiger partial charge in [0.2, 0.25) is 0 Å². The van der Waals surface area contributed by atoms with Gasteiger partial charge in [-0.25, -0.2) is 4.39 Å². The normalized spacial score (nSPS) is 19.2. The molecule has 0 saturated carbocycles. The summed E-state index contributed by atoms with van der Waals surface area (Å²) in [5, 5.41) is 3.27. The lowest BCUT2D eigenvalue weighted by Gasteiger charge is -2.29. The molecule has 1 N–H and O–H groups in total. The van der Waals surface area contributed by atoms with Gasteiger partial charge in [-0.3, -0.25) is 0 Å². The maximum absolute atomic E-state index is 13.2. The van der Waals surface area contributed by atoms with Crippen molar-refractivity contribution in [1.29, 1.82) is 0 Å². The molecule has 2 aliphatic rings. The van der Waals surface area contributed by atoms with E-state index in [-0.39, 0.29) is 5.82 Å². The Hall–Kier alpha value is -0.690. The second-order valence-corrected chi connectivity index (χ2v) is 5.41. The number of piperazine rings is 1. The number of ether oxygens (including phenoxy) is 2. The van der Waals surface area contributed by atoms with E-state index < -0.39 is 0 Å². The SMILES string of the molecule is C1COCCO1.Fc1cc(N2CCNCC2)ccc1Br. The van der Waals surface area contributed by atoms with E-state index in [1.165, 1.54) is 0 Å². The number of halogens is 2. The molecule has 0 atom stereocenters. The van der Waals surface area contributed by atoms with E-state index in [4.69, 9.17) is 9.47 Å². The molecule has 20 heavy (non-hydrogen) atoms. The van der Waals surface area contributed by atoms with Gasteiger partial charge in [0.1, 0.15) is 5.82 Å². The van der Waals surface area contributed by atoms with E-state index in [1.54, 1.807) is 12.1 Å². The van der Waals surface area contributed by atoms with E-state index in [0.29, 0.717) is 4.47 Å². The lowest BCUT2D eigenvalue weighted by molar-refractivity contribution is -0.0334. The fourth-order valence-corrected chi connectivity index (χ4v) is 2.29. The fraction of sp³-hybridized carbons (Fsp3) is 0.571. The first-order valence-electron chi connectivity index (χ1n) is 6.83. The predicted molar refractivity (Wildman–Crippen MR) is 80.8 cm³/mol. The zero-order valence-corrected chi connectivity index (χ0v) is 13.0. The molecule has 1 aromatic carbocycles. The smallest absolute Gasteiger partial charge is 0.139 e. The summed E-state index contributed by atoms with van der Waals surface area (Å²) < 4.78 is 23.7. The summed E-state index contributed by atoms with van der Waals surface area (Å²) in [6.07, 6.45) is 0. The second kappa shape index (κ2) is 8.56. The van der Waals surface area contributed by atoms with Crippen molar-refractivity contribution in [2.24, 2.45) is 0 Å². The molecule has 2 fully saturated rings. The maximum atomic E-state index is 13.2. The molecule has 0 aromatic heterocycles. The van der Waals surface area contributed by atoms with Gasteiger partial charge in [0.05, 0.1) is 30.9 Å². The molecule has 0 aliphatic carbocycles. The first-order chi connectivity index (χ1) is 9.77. The minimum atomic E-state index is -0.193. The van der Waals surface area contributed by atoms with Crippen molar-refractivity contribution in [2.75, 3.05) is 57.5 Å². The van der Waals surface area contributed by atoms with Crippen molar-refractivity contribution >= 4 is 21.6 Å². The van der Waals surface area contributed by atoms with Crippen LogP contribution in [-0.4, -0.2) is 52.6 Å². The van der Waals surface area contributed by atoms with Crippen LogP contribution in [0.3, 0.4) is 0 Å². The summed E-state index contributed by atoms with van der Waals surface area (Å²) in [6.45, 7) is 6.94. The molecule has 3 rings (SSSR count). The van der Waals surface area contributed by atoms with E-state index >= 15 is 0 Å². The Morgan fingerprint density at radius 3 is 2.15 bits per heavy atom. The average Bonchev–Trinajstić information content (AvgIpc) is 2.53. The molecule has 2 heterocycles. The summed E-state index contributed by atoms with van der Waals surface area (Å²) >= 11 is 3.15. The monoisotopic (exact) mass is 346 g/mol. The molecule has 0 unspecified atom stereocenters. The fourth-order valence-electron chi connectivity index (χ4n) is 2.04. The largest absolute Gasteiger partial charge is 0.377 e. The van der Waals surface area contributed by atoms with Crippen molar-refractivity contribution in [3.63, 3.8) is 0 Å². The summed E-state index contributed by atoms with van der Waals surface area (Å²) in [7, 11) is 0. The van der Waals surface area contributed by atoms with Gasteiger partial charge >= 0.3 is 0 Å². The van der Waals surface area contributed by atoms with Gasteiger partial charge in [0.15, 0.2) is 0 Å². The quantitative estimate of drug-likeness (QED) is 0.843. The Kier molecular flexibility index (Phi) is 6.72. The summed E-state index contributed by atoms with van der Waals surface area (Å²) in [5.74, 6) is -0.193. The molecule has 2 saturated heterocycles. The Bertz CT molecular complexity index is 399. The van der Waals surface area contributed by atoms with E-state index in [9.17, 15) is 4.39 Å². The van der Waals surface area contributed by atoms with Crippen molar-refractivity contribution in [3.8, 4) is 0 Å². The van der Waals surface area contributed by atoms with Crippen LogP contribution >= 0.6 is 15.9 Å². The zero-order chi connectivity index (χ0) is 14.2. The van der Waals surface area contributed by atoms with Gasteiger partial charge in [0.25, 0.3) is 0 Å². The van der Waals surface area contributed by atoms with E-state index in [1.807, 2.05) is 6.07 Å². The highest BCUT2D eigenvalue weighted by Gasteiger charge is 2.11. The average molecular weight is 347 g/mol. The van der Waals surface area contributed by atoms with Crippen molar-refractivity contribution in [2.45, 2.75) is 0 Å². The zero-order valence-electron chi connectivity index (χ0n) is 11.4. The topological polar surface area (TPSA) is 33.7 Å². The number of nitrogens with zero attached hydrogens (tertiary/aromatic N) is 1. The third-order valence-electron chi connectivity index (χ3n) is 3.13. The van der Waals surface area contributed by atoms with Gasteiger partial charge < -0.3 is 19.7 Å². The van der Waals surface area contributed by atoms with Crippen LogP contribution in [0.4, 0.5) is 10.1 Å². The Labute approximate surface area is 127 Å². The highest BCUT2D eigenvalue weighted by Crippen LogP contribution is 2.22. The molecular weight excluding hydrogens is 327 g/mol. The van der Waals surface area contributed by atoms with Crippen LogP contribution in [0, 0.1) is 5.82 Å². The minimum Gasteiger partial charge on any atom is -0.377 e. The predicted octanol–water partition coefficient (Wildman–Crippen LogP) is 2.03. The molecule has 0 radical (unpaired) electrons. The molecule has 0 amide bonds. The van der Waals surface area contributed by atoms with Gasteiger partial charge in [-0.05, 0) is 34.1 Å². The molecule has 0 bridgehead atoms. The van der Waals surface area contributed by atoms with Crippen LogP contribution < -0.4 is 10.2 Å². The minimum absolute atomic E-state index is 0.193. The summed E-state index contributed by atoms with van der Waals surface area (Å²) in [4.78, 5) is 2.19. The number of anilines is 1. The van der Waals surface area contributed by atoms with Crippen LogP contribution in [0.1, 0.15) is 0 Å². The van der Waals surface area contributed by atoms with E-state index in [2.05, 4.69) is 26.1 Å². The summed E-state index contributed by atoms with van der Waals surface area (Å²) in [6, 6.07) is 5.28. The van der Waals surface area contributed by atoms with Crippen molar-refractivity contribution in [3.05, 3.63) is 28.5 Å². The number of hydrogen-bond donors (Lipinski definition) is 1. The molecule has 4 nitrogen and oxygen atoms in total. The van der Waals surface area contributed by atoms with Crippen LogP contribution in [-0.2, 0) is 9.47 Å². The Morgan fingerprint density at radius 1 is 1.05 bits per heavy atom. The Morgan fingerprint density at radius 2 is 1.65 bits per heavy atom. The van der Waals surface area contributed by atoms with Gasteiger partial charge in [-0.15, -0.1) is 0 Å². The van der Waals surface area contributed by atoms with Crippen LogP contribution in [0.2, 0.25) is 0 Å². The lowest BCUT2D eigenvalue weighted by atomic mass is 10.2. The number of nitrogens with one attached hydrogen (secondary N) is 1. The van der Waals surface area contributed by atoms with Crippen LogP contribution in [0.5, 0.6) is 0 Å². The number of hydrogen-bond acceptors (Lipinski definition) is 4. The first-order valence-corrected chi connectivity index (χ1v) is 7.63. The third kappa shape index (κ3) is 5.01. The highest BCUT2D eigenvalue weighted by atomic mass is 79.9. The van der Waals surface area contributed by atoms with Gasteiger partial charge in [0, 0.05) is 31.9 Å². The summed E-state index contributed by atoms with van der Waals surface area (Å²) in [5.41, 5.74) is 0.965. The van der Waals surface area contributed by atoms with Crippen LogP contribution in [0.25, 0.3) is 0 Å². The molecule has 112 valence electrons. The number of rotatable bonds is 1. The Balaban J connectivity index is 0.000000205. The van der Waals surface area contributed by atoms with Crippen molar-refractivity contribution < 1.29 is 13.9 Å². The first kappa shape index (κ1) is 15.7. The highest BCUT2D eigenvalue weighted by molar-refractivity contribution is 9.10. The number of benzene rings is 1. The second-order valence-electron chi connectivity index (χ2n) is 4.56. The molecule has 6 heteroatoms. The third-order valence-corrected chi connectivity index (χ3v) is 3.77. The molecular formula is C14H20BrFN2O2. The lowest BCUT2D eigenvalue weighted by Crippen LogP contribution is -2.43. The van der Waals surface area contributed by atoms with Gasteiger partial charge in [-0.1, -0.05) is 0 Å².